The Labute approximate surface area is 288 Å². The molecule has 4 rings (SSSR count). The van der Waals surface area contributed by atoms with Crippen LogP contribution in [0.1, 0.15) is 31.2 Å². The number of carbonyl (C=O) groups is 5. The third-order valence-corrected chi connectivity index (χ3v) is 8.33. The second-order valence-corrected chi connectivity index (χ2v) is 11.6. The van der Waals surface area contributed by atoms with E-state index < -0.39 is 82.3 Å². The number of thiophene rings is 1. The number of carboxylic acid groups (broad SMARTS) is 2. The van der Waals surface area contributed by atoms with E-state index in [1.54, 1.807) is 0 Å². The highest BCUT2D eigenvalue weighted by atomic mass is 32.1. The van der Waals surface area contributed by atoms with Crippen LogP contribution in [-0.2, 0) is 25.9 Å². The Kier molecular flexibility index (Phi) is 11.0. The van der Waals surface area contributed by atoms with Crippen LogP contribution in [0.2, 0.25) is 0 Å². The van der Waals surface area contributed by atoms with E-state index in [4.69, 9.17) is 4.74 Å². The van der Waals surface area contributed by atoms with Crippen molar-refractivity contribution in [3.05, 3.63) is 99.2 Å². The summed E-state index contributed by atoms with van der Waals surface area (Å²) >= 11 is 0.724. The van der Waals surface area contributed by atoms with Crippen LogP contribution in [0.15, 0.2) is 66.0 Å². The van der Waals surface area contributed by atoms with Gasteiger partial charge in [-0.1, -0.05) is 24.3 Å². The van der Waals surface area contributed by atoms with Crippen LogP contribution in [0, 0.1) is 11.6 Å². The highest BCUT2D eigenvalue weighted by Gasteiger charge is 2.51. The van der Waals surface area contributed by atoms with Gasteiger partial charge in [0.2, 0.25) is 11.2 Å². The molecule has 0 saturated heterocycles. The highest BCUT2D eigenvalue weighted by molar-refractivity contribution is 7.10. The van der Waals surface area contributed by atoms with Gasteiger partial charge >= 0.3 is 24.3 Å². The van der Waals surface area contributed by atoms with Gasteiger partial charge in [0.05, 0.1) is 23.9 Å². The van der Waals surface area contributed by atoms with Gasteiger partial charge in [0, 0.05) is 30.6 Å². The topological polar surface area (TPSA) is 169 Å². The maximum Gasteiger partial charge on any atom is 0.514 e. The summed E-state index contributed by atoms with van der Waals surface area (Å²) in [4.78, 5) is 63.8. The molecule has 0 fully saturated rings. The molecule has 2 amide bonds. The lowest BCUT2D eigenvalue weighted by atomic mass is 9.87. The summed E-state index contributed by atoms with van der Waals surface area (Å²) in [7, 11) is 3.59. The molecule has 0 bridgehead atoms. The van der Waals surface area contributed by atoms with Crippen molar-refractivity contribution < 1.29 is 70.3 Å². The Morgan fingerprint density at radius 2 is 1.57 bits per heavy atom. The average molecular weight is 737 g/mol. The van der Waals surface area contributed by atoms with Crippen LogP contribution >= 0.6 is 11.3 Å². The molecule has 0 spiro atoms. The fourth-order valence-corrected chi connectivity index (χ4v) is 5.62. The Morgan fingerprint density at radius 3 is 2.10 bits per heavy atom. The molecule has 3 aromatic carbocycles. The van der Waals surface area contributed by atoms with Crippen molar-refractivity contribution in [2.24, 2.45) is 0 Å². The van der Waals surface area contributed by atoms with Crippen molar-refractivity contribution in [3.8, 4) is 22.6 Å². The Balaban J connectivity index is 1.70. The monoisotopic (exact) mass is 736 g/mol. The minimum atomic E-state index is -4.65. The lowest BCUT2D eigenvalue weighted by Crippen LogP contribution is -2.47. The maximum absolute atomic E-state index is 15.9. The van der Waals surface area contributed by atoms with Gasteiger partial charge in [0.15, 0.2) is 11.6 Å². The lowest BCUT2D eigenvalue weighted by Gasteiger charge is -2.23. The number of carboxylic acids is 2. The number of alkyl halides is 3. The smallest absolute Gasteiger partial charge is 0.496 e. The molecule has 3 N–H and O–H groups in total. The Hall–Kier alpha value is -6.04. The molecule has 12 nitrogen and oxygen atoms in total. The molecule has 0 radical (unpaired) electrons. The summed E-state index contributed by atoms with van der Waals surface area (Å²) in [6, 6.07) is 10.7. The van der Waals surface area contributed by atoms with Crippen LogP contribution < -0.4 is 14.8 Å². The zero-order chi connectivity index (χ0) is 37.8. The van der Waals surface area contributed by atoms with Crippen molar-refractivity contribution in [2.75, 3.05) is 33.1 Å². The first-order valence-electron chi connectivity index (χ1n) is 14.2. The molecule has 0 aliphatic carbocycles. The molecule has 0 aliphatic rings. The Morgan fingerprint density at radius 1 is 0.922 bits per heavy atom. The number of amides is 2. The van der Waals surface area contributed by atoms with E-state index in [0.29, 0.717) is 6.07 Å². The van der Waals surface area contributed by atoms with Crippen LogP contribution in [0.25, 0.3) is 11.1 Å². The van der Waals surface area contributed by atoms with Crippen molar-refractivity contribution in [3.63, 3.8) is 0 Å². The number of halogens is 5. The molecule has 1 aromatic heterocycles. The van der Waals surface area contributed by atoms with Crippen LogP contribution in [-0.4, -0.2) is 72.8 Å². The number of anilines is 1. The number of ether oxygens (including phenoxy) is 3. The molecule has 268 valence electrons. The van der Waals surface area contributed by atoms with Crippen LogP contribution in [0.5, 0.6) is 11.5 Å². The summed E-state index contributed by atoms with van der Waals surface area (Å²) in [6.07, 6.45) is -6.59. The fourth-order valence-electron chi connectivity index (χ4n) is 4.73. The highest BCUT2D eigenvalue weighted by Crippen LogP contribution is 2.38. The van der Waals surface area contributed by atoms with E-state index in [-0.39, 0.29) is 27.3 Å². The number of nitrogens with one attached hydrogen (secondary N) is 1. The molecule has 4 aromatic rings. The number of hydrogen-bond donors (Lipinski definition) is 3. The molecule has 1 heterocycles. The third-order valence-electron chi connectivity index (χ3n) is 7.30. The van der Waals surface area contributed by atoms with Crippen molar-refractivity contribution in [2.45, 2.75) is 11.6 Å². The minimum Gasteiger partial charge on any atom is -0.496 e. The van der Waals surface area contributed by atoms with Gasteiger partial charge in [-0.05, 0) is 41.3 Å². The number of aliphatic carboxylic acids is 2. The number of benzene rings is 3. The largest absolute Gasteiger partial charge is 0.514 e. The zero-order valence-electron chi connectivity index (χ0n) is 26.5. The second kappa shape index (κ2) is 14.8. The first kappa shape index (κ1) is 37.8. The van der Waals surface area contributed by atoms with E-state index in [0.717, 1.165) is 46.6 Å². The number of hydrogen-bond acceptors (Lipinski definition) is 9. The van der Waals surface area contributed by atoms with E-state index in [9.17, 15) is 47.4 Å². The zero-order valence-corrected chi connectivity index (χ0v) is 27.3. The second-order valence-electron chi connectivity index (χ2n) is 10.7. The molecule has 0 saturated carbocycles. The number of methoxy groups -OCH3 is 1. The SMILES string of the molecule is COc1cccc(C(=O)Nc2cc(F)c(OC(=O)OCC(C(=O)O)(C(=O)O)c3cccs3)c(F)c2C(=O)N(C)C)c1-c1ccc(C(F)(F)F)cc1. The van der Waals surface area contributed by atoms with E-state index >= 15 is 8.78 Å². The predicted molar refractivity (Wildman–Crippen MR) is 169 cm³/mol. The molecule has 0 unspecified atom stereocenters. The molecule has 18 heteroatoms. The van der Waals surface area contributed by atoms with E-state index in [2.05, 4.69) is 14.8 Å². The van der Waals surface area contributed by atoms with Crippen molar-refractivity contribution in [1.82, 2.24) is 4.90 Å². The average Bonchev–Trinajstić information content (AvgIpc) is 3.61. The lowest BCUT2D eigenvalue weighted by molar-refractivity contribution is -0.160. The third kappa shape index (κ3) is 7.59. The molecule has 51 heavy (non-hydrogen) atoms. The maximum atomic E-state index is 15.9. The van der Waals surface area contributed by atoms with Crippen molar-refractivity contribution in [1.29, 1.82) is 0 Å². The summed E-state index contributed by atoms with van der Waals surface area (Å²) in [6.45, 7) is -1.36. The van der Waals surface area contributed by atoms with Gasteiger partial charge < -0.3 is 34.6 Å². The van der Waals surface area contributed by atoms with Crippen molar-refractivity contribution >= 4 is 46.9 Å². The van der Waals surface area contributed by atoms with Gasteiger partial charge in [0.1, 0.15) is 17.9 Å². The number of rotatable bonds is 11. The summed E-state index contributed by atoms with van der Waals surface area (Å²) < 4.78 is 85.4. The number of carbonyl (C=O) groups excluding carboxylic acids is 3. The number of nitrogens with zero attached hydrogens (tertiary/aromatic N) is 1. The van der Waals surface area contributed by atoms with Gasteiger partial charge in [-0.3, -0.25) is 19.2 Å². The van der Waals surface area contributed by atoms with E-state index in [1.165, 1.54) is 50.9 Å². The normalized spacial score (nSPS) is 11.4. The summed E-state index contributed by atoms with van der Waals surface area (Å²) in [5.41, 5.74) is -5.69. The summed E-state index contributed by atoms with van der Waals surface area (Å²) in [5, 5.41) is 23.0. The Bertz CT molecular complexity index is 1980. The van der Waals surface area contributed by atoms with Gasteiger partial charge in [-0.2, -0.15) is 13.2 Å². The summed E-state index contributed by atoms with van der Waals surface area (Å²) in [5.74, 6) is -11.0. The van der Waals surface area contributed by atoms with Crippen LogP contribution in [0.4, 0.5) is 32.4 Å². The predicted octanol–water partition coefficient (Wildman–Crippen LogP) is 6.30. The molecular formula is C33H25F5N2O10S. The van der Waals surface area contributed by atoms with Gasteiger partial charge in [-0.25, -0.2) is 13.6 Å². The standard InChI is InChI=1S/C33H25F5N2O10S/c1-40(2)28(42)24-20(39-27(41)18-6-4-7-21(48-3)23(18)16-9-11-17(12-10-16)33(36,37)38)14-19(34)26(25(24)35)50-31(47)49-15-32(29(43)44,30(45)46)22-8-5-13-51-22/h4-14H,15H2,1-3H3,(H,39,41)(H,43,44)(H,45,46). The van der Waals surface area contributed by atoms with Crippen LogP contribution in [0.3, 0.4) is 0 Å². The molecule has 0 atom stereocenters. The molecular weight excluding hydrogens is 711 g/mol. The quantitative estimate of drug-likeness (QED) is 0.0688. The first-order valence-corrected chi connectivity index (χ1v) is 15.1. The minimum absolute atomic E-state index is 0.00306. The van der Waals surface area contributed by atoms with E-state index in [1.807, 2.05) is 0 Å². The van der Waals surface area contributed by atoms with Gasteiger partial charge in [0.25, 0.3) is 11.8 Å². The molecule has 0 aliphatic heterocycles. The fraction of sp³-hybridized carbons (Fsp3) is 0.182. The van der Waals surface area contributed by atoms with Gasteiger partial charge in [-0.15, -0.1) is 11.3 Å². The first-order chi connectivity index (χ1) is 23.9.